The molecule has 0 aromatic carbocycles. The molecule has 0 aromatic heterocycles. The highest BCUT2D eigenvalue weighted by atomic mass is 16.3. The van der Waals surface area contributed by atoms with Gasteiger partial charge >= 0.3 is 0 Å². The Hall–Kier alpha value is -1.42. The normalized spacial score (nSPS) is 35.5. The van der Waals surface area contributed by atoms with Crippen LogP contribution in [0.3, 0.4) is 0 Å². The first-order chi connectivity index (χ1) is 16.6. The summed E-state index contributed by atoms with van der Waals surface area (Å²) in [4.78, 5) is 0. The zero-order valence-corrected chi connectivity index (χ0v) is 22.7. The van der Waals surface area contributed by atoms with E-state index >= 15 is 0 Å². The molecule has 0 saturated heterocycles. The van der Waals surface area contributed by atoms with Gasteiger partial charge in [0.1, 0.15) is 0 Å². The van der Waals surface area contributed by atoms with Crippen LogP contribution < -0.4 is 0 Å². The number of allylic oxidation sites excluding steroid dienone is 6. The van der Waals surface area contributed by atoms with Crippen molar-refractivity contribution in [2.24, 2.45) is 23.2 Å². The monoisotopic (exact) mass is 482 g/mol. The van der Waals surface area contributed by atoms with Gasteiger partial charge < -0.3 is 15.3 Å². The second-order valence-electron chi connectivity index (χ2n) is 11.9. The molecule has 6 atom stereocenters. The molecule has 0 aliphatic heterocycles. The van der Waals surface area contributed by atoms with Crippen LogP contribution >= 0.6 is 0 Å². The molecule has 35 heavy (non-hydrogen) atoms. The summed E-state index contributed by atoms with van der Waals surface area (Å²) in [5, 5.41) is 31.1. The maximum atomic E-state index is 10.8. The smallest absolute Gasteiger partial charge is 0.0830 e. The Morgan fingerprint density at radius 2 is 1.83 bits per heavy atom. The summed E-state index contributed by atoms with van der Waals surface area (Å²) in [5.74, 6) is 1.77. The number of hydrogen-bond acceptors (Lipinski definition) is 3. The Labute approximate surface area is 214 Å². The van der Waals surface area contributed by atoms with Crippen molar-refractivity contribution in [3.8, 4) is 0 Å². The fraction of sp³-hybridized carbons (Fsp3) is 0.688. The SMILES string of the molecule is C=C1/C(=C\C=C2/CCC[C@]3(C)[C@@H]([C@H](C)/C=C/C=C/C(O)(CCC)CCC)CC[C@@H]23)C[C@@H](O)C[C@@H]1O. The van der Waals surface area contributed by atoms with Crippen LogP contribution in [-0.4, -0.2) is 33.1 Å². The number of rotatable bonds is 9. The predicted molar refractivity (Wildman–Crippen MR) is 147 cm³/mol. The van der Waals surface area contributed by atoms with Gasteiger partial charge in [-0.05, 0) is 85.7 Å². The molecule has 0 amide bonds. The lowest BCUT2D eigenvalue weighted by molar-refractivity contribution is 0.0706. The van der Waals surface area contributed by atoms with Crippen molar-refractivity contribution in [1.29, 1.82) is 0 Å². The summed E-state index contributed by atoms with van der Waals surface area (Å²) in [5.41, 5.74) is 2.95. The van der Waals surface area contributed by atoms with E-state index in [1.807, 2.05) is 6.08 Å². The van der Waals surface area contributed by atoms with E-state index in [0.29, 0.717) is 36.0 Å². The molecule has 3 aliphatic rings. The van der Waals surface area contributed by atoms with E-state index in [2.05, 4.69) is 64.7 Å². The molecule has 3 aliphatic carbocycles. The van der Waals surface area contributed by atoms with Crippen LogP contribution in [0, 0.1) is 23.2 Å². The minimum Gasteiger partial charge on any atom is -0.393 e. The van der Waals surface area contributed by atoms with Crippen LogP contribution in [0.4, 0.5) is 0 Å². The molecule has 3 heteroatoms. The van der Waals surface area contributed by atoms with Crippen LogP contribution in [-0.2, 0) is 0 Å². The summed E-state index contributed by atoms with van der Waals surface area (Å²) in [6, 6.07) is 0. The third-order valence-corrected chi connectivity index (χ3v) is 9.23. The Morgan fingerprint density at radius 3 is 2.51 bits per heavy atom. The van der Waals surface area contributed by atoms with E-state index in [1.165, 1.54) is 31.3 Å². The molecule has 0 aromatic rings. The van der Waals surface area contributed by atoms with Gasteiger partial charge in [-0.1, -0.05) is 89.1 Å². The van der Waals surface area contributed by atoms with Crippen molar-refractivity contribution < 1.29 is 15.3 Å². The van der Waals surface area contributed by atoms with Gasteiger partial charge in [-0.15, -0.1) is 0 Å². The van der Waals surface area contributed by atoms with Crippen LogP contribution in [0.25, 0.3) is 0 Å². The highest BCUT2D eigenvalue weighted by molar-refractivity contribution is 5.38. The second kappa shape index (κ2) is 12.2. The van der Waals surface area contributed by atoms with Gasteiger partial charge in [-0.25, -0.2) is 0 Å². The van der Waals surface area contributed by atoms with Crippen molar-refractivity contribution in [2.75, 3.05) is 0 Å². The van der Waals surface area contributed by atoms with Crippen molar-refractivity contribution >= 4 is 0 Å². The van der Waals surface area contributed by atoms with Crippen LogP contribution in [0.15, 0.2) is 59.8 Å². The van der Waals surface area contributed by atoms with Crippen LogP contribution in [0.2, 0.25) is 0 Å². The number of hydrogen-bond donors (Lipinski definition) is 3. The van der Waals surface area contributed by atoms with Crippen molar-refractivity contribution in [2.45, 2.75) is 116 Å². The summed E-state index contributed by atoms with van der Waals surface area (Å²) in [6.07, 6.45) is 22.6. The lowest BCUT2D eigenvalue weighted by Gasteiger charge is -2.44. The lowest BCUT2D eigenvalue weighted by Crippen LogP contribution is -2.35. The highest BCUT2D eigenvalue weighted by Crippen LogP contribution is 2.59. The number of aliphatic hydroxyl groups is 3. The van der Waals surface area contributed by atoms with Crippen molar-refractivity contribution in [3.63, 3.8) is 0 Å². The number of fused-ring (bicyclic) bond motifs is 1. The lowest BCUT2D eigenvalue weighted by atomic mass is 9.61. The molecule has 0 heterocycles. The Bertz CT molecular complexity index is 841. The Balaban J connectivity index is 1.70. The fourth-order valence-corrected chi connectivity index (χ4v) is 7.37. The molecule has 3 rings (SSSR count). The molecule has 3 nitrogen and oxygen atoms in total. The summed E-state index contributed by atoms with van der Waals surface area (Å²) in [6.45, 7) is 13.2. The fourth-order valence-electron chi connectivity index (χ4n) is 7.37. The predicted octanol–water partition coefficient (Wildman–Crippen LogP) is 7.21. The molecule has 0 bridgehead atoms. The maximum absolute atomic E-state index is 10.8. The van der Waals surface area contributed by atoms with E-state index in [4.69, 9.17) is 0 Å². The maximum Gasteiger partial charge on any atom is 0.0830 e. The van der Waals surface area contributed by atoms with Gasteiger partial charge in [0, 0.05) is 6.42 Å². The average molecular weight is 483 g/mol. The third-order valence-electron chi connectivity index (χ3n) is 9.23. The first-order valence-corrected chi connectivity index (χ1v) is 14.2. The van der Waals surface area contributed by atoms with E-state index in [1.54, 1.807) is 0 Å². The Morgan fingerprint density at radius 1 is 1.11 bits per heavy atom. The van der Waals surface area contributed by atoms with E-state index in [9.17, 15) is 15.3 Å². The molecule has 3 N–H and O–H groups in total. The van der Waals surface area contributed by atoms with E-state index in [-0.39, 0.29) is 0 Å². The van der Waals surface area contributed by atoms with E-state index < -0.39 is 17.8 Å². The largest absolute Gasteiger partial charge is 0.393 e. The molecule has 3 fully saturated rings. The Kier molecular flexibility index (Phi) is 9.82. The van der Waals surface area contributed by atoms with Gasteiger partial charge in [0.2, 0.25) is 0 Å². The molecule has 0 spiro atoms. The van der Waals surface area contributed by atoms with Gasteiger partial charge in [0.05, 0.1) is 17.8 Å². The molecule has 196 valence electrons. The molecular weight excluding hydrogens is 432 g/mol. The molecular formula is C32H50O3. The standard InChI is InChI=1S/C32H50O3/c1-6-17-32(35,18-7-2)20-9-8-11-23(3)28-15-16-29-25(12-10-19-31(28,29)5)13-14-26-21-27(33)22-30(34)24(26)4/h8-9,11,13-14,20,23,27-30,33-35H,4,6-7,10,12,15-19,21-22H2,1-3,5H3/b11-8+,20-9+,25-13+,26-14-/t23-,27-,28-,29+,30+,31-/m1/s1. The van der Waals surface area contributed by atoms with Gasteiger partial charge in [0.15, 0.2) is 0 Å². The van der Waals surface area contributed by atoms with Gasteiger partial charge in [-0.2, -0.15) is 0 Å². The zero-order valence-electron chi connectivity index (χ0n) is 22.7. The highest BCUT2D eigenvalue weighted by Gasteiger charge is 2.50. The van der Waals surface area contributed by atoms with Gasteiger partial charge in [0.25, 0.3) is 0 Å². The van der Waals surface area contributed by atoms with E-state index in [0.717, 1.165) is 43.3 Å². The van der Waals surface area contributed by atoms with Gasteiger partial charge in [-0.3, -0.25) is 0 Å². The first-order valence-electron chi connectivity index (χ1n) is 14.2. The summed E-state index contributed by atoms with van der Waals surface area (Å²) in [7, 11) is 0. The average Bonchev–Trinajstić information content (AvgIpc) is 3.16. The van der Waals surface area contributed by atoms with Crippen molar-refractivity contribution in [3.05, 3.63) is 59.8 Å². The molecule has 3 saturated carbocycles. The second-order valence-corrected chi connectivity index (χ2v) is 11.9. The minimum absolute atomic E-state index is 0.309. The number of aliphatic hydroxyl groups excluding tert-OH is 2. The van der Waals surface area contributed by atoms with Crippen molar-refractivity contribution in [1.82, 2.24) is 0 Å². The summed E-state index contributed by atoms with van der Waals surface area (Å²) < 4.78 is 0. The third kappa shape index (κ3) is 6.67. The topological polar surface area (TPSA) is 60.7 Å². The summed E-state index contributed by atoms with van der Waals surface area (Å²) >= 11 is 0. The molecule has 0 unspecified atom stereocenters. The quantitative estimate of drug-likeness (QED) is 0.304. The zero-order chi connectivity index (χ0) is 25.6. The minimum atomic E-state index is -0.672. The first kappa shape index (κ1) is 28.2. The van der Waals surface area contributed by atoms with Crippen LogP contribution in [0.5, 0.6) is 0 Å². The molecule has 0 radical (unpaired) electrons. The van der Waals surface area contributed by atoms with Crippen LogP contribution in [0.1, 0.15) is 98.3 Å².